The fraction of sp³-hybridized carbons (Fsp3) is 0.500. The molecule has 1 aliphatic heterocycles. The van der Waals surface area contributed by atoms with Crippen LogP contribution in [0.2, 0.25) is 0 Å². The van der Waals surface area contributed by atoms with Crippen molar-refractivity contribution >= 4 is 15.9 Å². The van der Waals surface area contributed by atoms with E-state index in [0.29, 0.717) is 17.2 Å². The summed E-state index contributed by atoms with van der Waals surface area (Å²) in [4.78, 5) is 8.38. The first-order valence-electron chi connectivity index (χ1n) is 3.98. The molecule has 0 unspecified atom stereocenters. The Bertz CT molecular complexity index is 313. The van der Waals surface area contributed by atoms with Crippen LogP contribution in [0.1, 0.15) is 11.3 Å². The molecule has 0 radical (unpaired) electrons. The summed E-state index contributed by atoms with van der Waals surface area (Å²) < 4.78 is 11.0. The first-order chi connectivity index (χ1) is 6.31. The second-order valence-corrected chi connectivity index (χ2v) is 3.44. The van der Waals surface area contributed by atoms with Crippen molar-refractivity contribution in [2.75, 3.05) is 13.7 Å². The van der Waals surface area contributed by atoms with Gasteiger partial charge in [-0.05, 0) is 15.9 Å². The number of fused-ring (bicyclic) bond motifs is 1. The van der Waals surface area contributed by atoms with E-state index in [1.807, 2.05) is 0 Å². The average molecular weight is 245 g/mol. The molecule has 1 aliphatic rings. The minimum atomic E-state index is 0.547. The van der Waals surface area contributed by atoms with Gasteiger partial charge < -0.3 is 9.47 Å². The highest BCUT2D eigenvalue weighted by Crippen LogP contribution is 2.24. The van der Waals surface area contributed by atoms with Gasteiger partial charge in [-0.3, -0.25) is 0 Å². The summed E-state index contributed by atoms with van der Waals surface area (Å²) in [5.41, 5.74) is 1.99. The van der Waals surface area contributed by atoms with Crippen molar-refractivity contribution < 1.29 is 9.47 Å². The Morgan fingerprint density at radius 2 is 2.31 bits per heavy atom. The first-order valence-corrected chi connectivity index (χ1v) is 4.77. The molecule has 4 nitrogen and oxygen atoms in total. The maximum atomic E-state index is 5.30. The predicted molar refractivity (Wildman–Crippen MR) is 49.6 cm³/mol. The van der Waals surface area contributed by atoms with Gasteiger partial charge in [-0.25, -0.2) is 4.98 Å². The summed E-state index contributed by atoms with van der Waals surface area (Å²) >= 11 is 3.24. The maximum Gasteiger partial charge on any atom is 0.223 e. The monoisotopic (exact) mass is 244 g/mol. The van der Waals surface area contributed by atoms with Crippen LogP contribution in [-0.4, -0.2) is 23.7 Å². The van der Waals surface area contributed by atoms with E-state index in [1.54, 1.807) is 7.11 Å². The molecule has 70 valence electrons. The van der Waals surface area contributed by atoms with Gasteiger partial charge in [-0.1, -0.05) is 0 Å². The smallest absolute Gasteiger partial charge is 0.223 e. The molecule has 0 saturated heterocycles. The van der Waals surface area contributed by atoms with E-state index in [2.05, 4.69) is 25.9 Å². The van der Waals surface area contributed by atoms with Crippen LogP contribution in [0.5, 0.6) is 5.88 Å². The SMILES string of the molecule is COc1nc(Br)nc2c1COCC2. The number of hydrogen-bond donors (Lipinski definition) is 0. The van der Waals surface area contributed by atoms with Crippen LogP contribution in [0, 0.1) is 0 Å². The fourth-order valence-corrected chi connectivity index (χ4v) is 1.72. The second-order valence-electron chi connectivity index (χ2n) is 2.73. The molecule has 1 aromatic heterocycles. The van der Waals surface area contributed by atoms with E-state index < -0.39 is 0 Å². The maximum absolute atomic E-state index is 5.30. The van der Waals surface area contributed by atoms with Gasteiger partial charge in [-0.15, -0.1) is 0 Å². The molecule has 0 aliphatic carbocycles. The van der Waals surface area contributed by atoms with Crippen LogP contribution in [-0.2, 0) is 17.8 Å². The Balaban J connectivity index is 2.50. The third-order valence-corrected chi connectivity index (χ3v) is 2.31. The zero-order valence-corrected chi connectivity index (χ0v) is 8.80. The Labute approximate surface area is 84.4 Å². The Morgan fingerprint density at radius 3 is 3.08 bits per heavy atom. The molecule has 13 heavy (non-hydrogen) atoms. The first kappa shape index (κ1) is 8.90. The van der Waals surface area contributed by atoms with Gasteiger partial charge >= 0.3 is 0 Å². The quantitative estimate of drug-likeness (QED) is 0.700. The number of rotatable bonds is 1. The number of hydrogen-bond acceptors (Lipinski definition) is 4. The molecule has 0 spiro atoms. The van der Waals surface area contributed by atoms with Crippen molar-refractivity contribution in [3.8, 4) is 5.88 Å². The van der Waals surface area contributed by atoms with Crippen molar-refractivity contribution in [3.05, 3.63) is 16.0 Å². The van der Waals surface area contributed by atoms with Gasteiger partial charge in [0, 0.05) is 6.42 Å². The highest BCUT2D eigenvalue weighted by Gasteiger charge is 2.17. The Hall–Kier alpha value is -0.680. The van der Waals surface area contributed by atoms with Crippen LogP contribution in [0.15, 0.2) is 4.73 Å². The number of aromatic nitrogens is 2. The molecular formula is C8H9BrN2O2. The lowest BCUT2D eigenvalue weighted by Gasteiger charge is -2.17. The third-order valence-electron chi connectivity index (χ3n) is 1.95. The van der Waals surface area contributed by atoms with E-state index in [4.69, 9.17) is 9.47 Å². The molecule has 1 aromatic rings. The number of nitrogens with zero attached hydrogens (tertiary/aromatic N) is 2. The lowest BCUT2D eigenvalue weighted by Crippen LogP contribution is -2.14. The summed E-state index contributed by atoms with van der Waals surface area (Å²) in [6, 6.07) is 0. The lowest BCUT2D eigenvalue weighted by atomic mass is 10.1. The molecule has 5 heteroatoms. The van der Waals surface area contributed by atoms with E-state index in [9.17, 15) is 0 Å². The molecule has 2 rings (SSSR count). The summed E-state index contributed by atoms with van der Waals surface area (Å²) in [6.07, 6.45) is 0.826. The number of ether oxygens (including phenoxy) is 2. The van der Waals surface area contributed by atoms with E-state index in [0.717, 1.165) is 24.3 Å². The molecule has 0 fully saturated rings. The van der Waals surface area contributed by atoms with Gasteiger partial charge in [0.05, 0.1) is 31.6 Å². The molecule has 0 saturated carbocycles. The molecule has 0 amide bonds. The van der Waals surface area contributed by atoms with Crippen molar-refractivity contribution in [2.24, 2.45) is 0 Å². The van der Waals surface area contributed by atoms with Crippen molar-refractivity contribution in [3.63, 3.8) is 0 Å². The zero-order chi connectivity index (χ0) is 9.26. The van der Waals surface area contributed by atoms with Crippen LogP contribution in [0.25, 0.3) is 0 Å². The van der Waals surface area contributed by atoms with Crippen LogP contribution < -0.4 is 4.74 Å². The van der Waals surface area contributed by atoms with E-state index in [1.165, 1.54) is 0 Å². The minimum absolute atomic E-state index is 0.547. The van der Waals surface area contributed by atoms with Gasteiger partial charge in [-0.2, -0.15) is 4.98 Å². The Kier molecular flexibility index (Phi) is 2.46. The summed E-state index contributed by atoms with van der Waals surface area (Å²) in [6.45, 7) is 1.27. The minimum Gasteiger partial charge on any atom is -0.481 e. The summed E-state index contributed by atoms with van der Waals surface area (Å²) in [5.74, 6) is 0.608. The average Bonchev–Trinajstić information content (AvgIpc) is 2.16. The lowest BCUT2D eigenvalue weighted by molar-refractivity contribution is 0.106. The number of methoxy groups -OCH3 is 1. The Morgan fingerprint density at radius 1 is 1.46 bits per heavy atom. The van der Waals surface area contributed by atoms with E-state index >= 15 is 0 Å². The van der Waals surface area contributed by atoms with E-state index in [-0.39, 0.29) is 0 Å². The molecule has 0 bridgehead atoms. The summed E-state index contributed by atoms with van der Waals surface area (Å²) in [5, 5.41) is 0. The predicted octanol–water partition coefficient (Wildman–Crippen LogP) is 1.32. The second kappa shape index (κ2) is 3.59. The zero-order valence-electron chi connectivity index (χ0n) is 7.21. The fourth-order valence-electron chi connectivity index (χ4n) is 1.34. The molecule has 2 heterocycles. The normalized spacial score (nSPS) is 15.2. The third kappa shape index (κ3) is 1.66. The van der Waals surface area contributed by atoms with Crippen molar-refractivity contribution in [1.29, 1.82) is 0 Å². The summed E-state index contributed by atoms with van der Waals surface area (Å²) in [7, 11) is 1.60. The van der Waals surface area contributed by atoms with Gasteiger partial charge in [0.2, 0.25) is 5.88 Å². The molecule has 0 N–H and O–H groups in total. The van der Waals surface area contributed by atoms with Crippen molar-refractivity contribution in [2.45, 2.75) is 13.0 Å². The van der Waals surface area contributed by atoms with Gasteiger partial charge in [0.25, 0.3) is 0 Å². The van der Waals surface area contributed by atoms with Crippen LogP contribution >= 0.6 is 15.9 Å². The highest BCUT2D eigenvalue weighted by atomic mass is 79.9. The van der Waals surface area contributed by atoms with Crippen LogP contribution in [0.3, 0.4) is 0 Å². The largest absolute Gasteiger partial charge is 0.481 e. The standard InChI is InChI=1S/C8H9BrN2O2/c1-12-7-5-4-13-3-2-6(5)10-8(9)11-7/h2-4H2,1H3. The number of halogens is 1. The topological polar surface area (TPSA) is 44.2 Å². The molecule has 0 atom stereocenters. The van der Waals surface area contributed by atoms with Crippen molar-refractivity contribution in [1.82, 2.24) is 9.97 Å². The highest BCUT2D eigenvalue weighted by molar-refractivity contribution is 9.10. The van der Waals surface area contributed by atoms with Gasteiger partial charge in [0.15, 0.2) is 4.73 Å². The molecular weight excluding hydrogens is 236 g/mol. The van der Waals surface area contributed by atoms with Gasteiger partial charge in [0.1, 0.15) is 0 Å². The molecule has 0 aromatic carbocycles. The van der Waals surface area contributed by atoms with Crippen LogP contribution in [0.4, 0.5) is 0 Å².